The van der Waals surface area contributed by atoms with Crippen LogP contribution in [0.4, 0.5) is 0 Å². The molecule has 0 amide bonds. The Bertz CT molecular complexity index is 126. The normalized spacial score (nSPS) is 14.3. The van der Waals surface area contributed by atoms with Crippen molar-refractivity contribution in [3.63, 3.8) is 0 Å². The highest BCUT2D eigenvalue weighted by atomic mass is 16.3. The lowest BCUT2D eigenvalue weighted by atomic mass is 10.1. The van der Waals surface area contributed by atoms with E-state index in [4.69, 9.17) is 0 Å². The second-order valence-corrected chi connectivity index (χ2v) is 3.96. The minimum absolute atomic E-state index is 0.453. The van der Waals surface area contributed by atoms with E-state index in [1.807, 2.05) is 6.08 Å². The first-order chi connectivity index (χ1) is 5.45. The lowest BCUT2D eigenvalue weighted by Gasteiger charge is -2.21. The van der Waals surface area contributed by atoms with Crippen LogP contribution in [0.1, 0.15) is 33.6 Å². The van der Waals surface area contributed by atoms with Crippen LogP contribution in [0.2, 0.25) is 0 Å². The fourth-order valence-electron chi connectivity index (χ4n) is 0.894. The summed E-state index contributed by atoms with van der Waals surface area (Å²) in [6.45, 7) is 10.0. The number of aliphatic hydroxyl groups is 1. The van der Waals surface area contributed by atoms with E-state index in [0.29, 0.717) is 12.6 Å². The largest absolute Gasteiger partial charge is 0.389 e. The Morgan fingerprint density at radius 3 is 2.58 bits per heavy atom. The van der Waals surface area contributed by atoms with Crippen molar-refractivity contribution in [2.24, 2.45) is 0 Å². The summed E-state index contributed by atoms with van der Waals surface area (Å²) in [4.78, 5) is 0. The molecule has 0 aromatic heterocycles. The Labute approximate surface area is 75.7 Å². The smallest absolute Gasteiger partial charge is 0.0715 e. The first-order valence-electron chi connectivity index (χ1n) is 4.52. The molecule has 0 heterocycles. The van der Waals surface area contributed by atoms with E-state index in [0.717, 1.165) is 12.8 Å². The summed E-state index contributed by atoms with van der Waals surface area (Å²) in [5.41, 5.74) is -0.609. The van der Waals surface area contributed by atoms with Crippen molar-refractivity contribution >= 4 is 0 Å². The predicted molar refractivity (Wildman–Crippen MR) is 53.2 cm³/mol. The molecule has 0 saturated carbocycles. The summed E-state index contributed by atoms with van der Waals surface area (Å²) in [6.07, 6.45) is 4.03. The molecule has 2 nitrogen and oxygen atoms in total. The number of allylic oxidation sites excluding steroid dienone is 1. The molecular formula is C10H21NO. The van der Waals surface area contributed by atoms with Gasteiger partial charge in [0.05, 0.1) is 5.60 Å². The summed E-state index contributed by atoms with van der Waals surface area (Å²) in [6, 6.07) is 0.453. The molecule has 0 fully saturated rings. The molecule has 2 N–H and O–H groups in total. The average molecular weight is 171 g/mol. The molecule has 0 aromatic carbocycles. The topological polar surface area (TPSA) is 32.3 Å². The van der Waals surface area contributed by atoms with Gasteiger partial charge in [-0.1, -0.05) is 6.08 Å². The molecule has 0 rings (SSSR count). The number of hydrogen-bond acceptors (Lipinski definition) is 2. The van der Waals surface area contributed by atoms with Gasteiger partial charge in [-0.25, -0.2) is 0 Å². The predicted octanol–water partition coefficient (Wildman–Crippen LogP) is 1.70. The molecule has 0 radical (unpaired) electrons. The summed E-state index contributed by atoms with van der Waals surface area (Å²) < 4.78 is 0. The van der Waals surface area contributed by atoms with E-state index >= 15 is 0 Å². The van der Waals surface area contributed by atoms with Crippen LogP contribution in [0.5, 0.6) is 0 Å². The minimum atomic E-state index is -0.609. The zero-order valence-corrected chi connectivity index (χ0v) is 8.43. The summed E-state index contributed by atoms with van der Waals surface area (Å²) in [7, 11) is 0. The molecular weight excluding hydrogens is 150 g/mol. The number of rotatable bonds is 6. The van der Waals surface area contributed by atoms with Gasteiger partial charge < -0.3 is 10.4 Å². The van der Waals surface area contributed by atoms with Crippen LogP contribution < -0.4 is 5.32 Å². The first-order valence-corrected chi connectivity index (χ1v) is 4.52. The summed E-state index contributed by atoms with van der Waals surface area (Å²) >= 11 is 0. The molecule has 1 unspecified atom stereocenters. The van der Waals surface area contributed by atoms with Gasteiger partial charge in [0.25, 0.3) is 0 Å². The Morgan fingerprint density at radius 2 is 2.17 bits per heavy atom. The van der Waals surface area contributed by atoms with Crippen LogP contribution in [0.25, 0.3) is 0 Å². The van der Waals surface area contributed by atoms with Crippen LogP contribution in [-0.4, -0.2) is 23.3 Å². The van der Waals surface area contributed by atoms with Crippen molar-refractivity contribution in [3.05, 3.63) is 12.7 Å². The van der Waals surface area contributed by atoms with E-state index < -0.39 is 5.60 Å². The van der Waals surface area contributed by atoms with Gasteiger partial charge in [0.1, 0.15) is 0 Å². The second kappa shape index (κ2) is 5.33. The van der Waals surface area contributed by atoms with Crippen LogP contribution in [0.15, 0.2) is 12.7 Å². The summed E-state index contributed by atoms with van der Waals surface area (Å²) in [5, 5.41) is 12.7. The maximum atomic E-state index is 9.41. The van der Waals surface area contributed by atoms with Crippen molar-refractivity contribution in [1.82, 2.24) is 5.32 Å². The molecule has 0 saturated heterocycles. The van der Waals surface area contributed by atoms with Gasteiger partial charge in [-0.15, -0.1) is 6.58 Å². The van der Waals surface area contributed by atoms with Gasteiger partial charge in [-0.3, -0.25) is 0 Å². The fraction of sp³-hybridized carbons (Fsp3) is 0.800. The quantitative estimate of drug-likeness (QED) is 0.596. The van der Waals surface area contributed by atoms with Crippen LogP contribution in [0, 0.1) is 0 Å². The van der Waals surface area contributed by atoms with Crippen molar-refractivity contribution < 1.29 is 5.11 Å². The molecule has 72 valence electrons. The highest BCUT2D eigenvalue weighted by Gasteiger charge is 2.12. The number of nitrogens with one attached hydrogen (secondary N) is 1. The third kappa shape index (κ3) is 7.76. The molecule has 0 aliphatic rings. The molecule has 0 aliphatic carbocycles. The van der Waals surface area contributed by atoms with Crippen molar-refractivity contribution in [1.29, 1.82) is 0 Å². The van der Waals surface area contributed by atoms with E-state index in [1.54, 1.807) is 13.8 Å². The lowest BCUT2D eigenvalue weighted by Crippen LogP contribution is -2.39. The summed E-state index contributed by atoms with van der Waals surface area (Å²) in [5.74, 6) is 0. The van der Waals surface area contributed by atoms with Crippen molar-refractivity contribution in [3.8, 4) is 0 Å². The number of hydrogen-bond donors (Lipinski definition) is 2. The molecule has 12 heavy (non-hydrogen) atoms. The molecule has 0 aliphatic heterocycles. The lowest BCUT2D eigenvalue weighted by molar-refractivity contribution is 0.0767. The maximum absolute atomic E-state index is 9.41. The third-order valence-electron chi connectivity index (χ3n) is 1.69. The van der Waals surface area contributed by atoms with E-state index in [9.17, 15) is 5.11 Å². The standard InChI is InChI=1S/C10H21NO/c1-5-6-7-9(2)11-8-10(3,4)12/h5,9,11-12H,1,6-8H2,2-4H3. The van der Waals surface area contributed by atoms with Crippen LogP contribution in [0.3, 0.4) is 0 Å². The molecule has 1 atom stereocenters. The van der Waals surface area contributed by atoms with Gasteiger partial charge >= 0.3 is 0 Å². The van der Waals surface area contributed by atoms with E-state index in [1.165, 1.54) is 0 Å². The molecule has 0 spiro atoms. The molecule has 0 aromatic rings. The third-order valence-corrected chi connectivity index (χ3v) is 1.69. The maximum Gasteiger partial charge on any atom is 0.0715 e. The minimum Gasteiger partial charge on any atom is -0.389 e. The van der Waals surface area contributed by atoms with Crippen LogP contribution >= 0.6 is 0 Å². The van der Waals surface area contributed by atoms with Gasteiger partial charge in [0.15, 0.2) is 0 Å². The second-order valence-electron chi connectivity index (χ2n) is 3.96. The Hall–Kier alpha value is -0.340. The Balaban J connectivity index is 3.43. The Morgan fingerprint density at radius 1 is 1.58 bits per heavy atom. The van der Waals surface area contributed by atoms with E-state index in [-0.39, 0.29) is 0 Å². The SMILES string of the molecule is C=CCCC(C)NCC(C)(C)O. The van der Waals surface area contributed by atoms with Gasteiger partial charge in [-0.05, 0) is 33.6 Å². The highest BCUT2D eigenvalue weighted by molar-refractivity contribution is 4.74. The highest BCUT2D eigenvalue weighted by Crippen LogP contribution is 2.01. The monoisotopic (exact) mass is 171 g/mol. The van der Waals surface area contributed by atoms with Crippen LogP contribution in [-0.2, 0) is 0 Å². The van der Waals surface area contributed by atoms with Gasteiger partial charge in [0, 0.05) is 12.6 Å². The van der Waals surface area contributed by atoms with Crippen molar-refractivity contribution in [2.75, 3.05) is 6.54 Å². The molecule has 0 bridgehead atoms. The zero-order valence-electron chi connectivity index (χ0n) is 8.43. The molecule has 2 heteroatoms. The van der Waals surface area contributed by atoms with Crippen molar-refractivity contribution in [2.45, 2.75) is 45.3 Å². The van der Waals surface area contributed by atoms with Gasteiger partial charge in [-0.2, -0.15) is 0 Å². The Kier molecular flexibility index (Phi) is 5.18. The first kappa shape index (κ1) is 11.7. The zero-order chi connectivity index (χ0) is 9.61. The fourth-order valence-corrected chi connectivity index (χ4v) is 0.894. The van der Waals surface area contributed by atoms with E-state index in [2.05, 4.69) is 18.8 Å². The van der Waals surface area contributed by atoms with Gasteiger partial charge in [0.2, 0.25) is 0 Å². The average Bonchev–Trinajstić information content (AvgIpc) is 1.95.